The van der Waals surface area contributed by atoms with E-state index in [2.05, 4.69) is 106 Å². The number of aromatic amines is 1. The molecule has 4 aliphatic heterocycles. The number of H-pyrrole nitrogens is 1. The molecule has 9 aromatic rings. The quantitative estimate of drug-likeness (QED) is 0.00562. The number of ether oxygens (including phenoxy) is 8. The third kappa shape index (κ3) is 26.8. The first-order valence-corrected chi connectivity index (χ1v) is 54.7. The predicted molar refractivity (Wildman–Crippen MR) is 514 cm³/mol. The van der Waals surface area contributed by atoms with Gasteiger partial charge >= 0.3 is 23.9 Å². The standard InChI is InChI=1S/C21H33ClFN6O6P.C21H32FN10O5P.2C21H34FN6O5P/c1-7-24-16-14-17(27-20(22)26-16)29(10-25-14)18-15(23)21(5,9-30)13(35-18)8-33-36(6,32)28-12(4)19(31)34-11(2)3;1-10(2)36-20(33)11(3)29-38(6,34)35-8-13-21(5,7-14-27-30-31-28-14)16(22)19(37-13)32-9-24-15-17(23)25-12(4)26-18(15)32;2*1-8-21(6)14(9-31-34(7,30)27-12(4)20(29)32-11(2)3)33-19(16(21)22)28-10-24-15-17(23)25-13(5)26-18(15)28/h10-13,15,18,30H,7-9H2,1-6H3,(H,28,32)(H,24,26,27);9-11,13,16,19H,7-8H2,1-6H3,(H,29,34)(H2,23,25,26)(H,27,28,30,31);2*10-12,14,16,19H,8-9H2,1-7H3,(H,27,30)(H2,23,25,26)/t12-,13+,15?,18+,21-,36?;11-,13+,16?,19+,21-,38?;2*12-,14+,16?,19+,21-,34?/m0000/s1. The Morgan fingerprint density at radius 2 is 0.725 bits per heavy atom. The van der Waals surface area contributed by atoms with Gasteiger partial charge < -0.3 is 83.6 Å². The minimum Gasteiger partial charge on any atom is -0.462 e. The minimum absolute atomic E-state index is 0.0382. The molecule has 8 unspecified atom stereocenters. The Hall–Kier alpha value is -9.24. The van der Waals surface area contributed by atoms with Crippen molar-refractivity contribution in [2.24, 2.45) is 21.7 Å². The van der Waals surface area contributed by atoms with Gasteiger partial charge in [-0.15, -0.1) is 10.2 Å². The number of halogens is 5. The van der Waals surface area contributed by atoms with Gasteiger partial charge in [-0.05, 0) is 135 Å². The number of alkyl halides is 4. The van der Waals surface area contributed by atoms with E-state index in [4.69, 9.17) is 84.8 Å². The number of anilines is 4. The summed E-state index contributed by atoms with van der Waals surface area (Å²) in [5.74, 6) is 0.262. The van der Waals surface area contributed by atoms with Crippen molar-refractivity contribution in [3.8, 4) is 0 Å². The zero-order valence-corrected chi connectivity index (χ0v) is 88.6. The lowest BCUT2D eigenvalue weighted by Gasteiger charge is -2.31. The molecule has 142 heavy (non-hydrogen) atoms. The molecule has 24 atom stereocenters. The minimum atomic E-state index is -3.54. The molecule has 13 rings (SSSR count). The number of aryl methyl sites for hydroxylation is 3. The van der Waals surface area contributed by atoms with Crippen LogP contribution in [0.5, 0.6) is 0 Å². The molecule has 0 radical (unpaired) electrons. The SMILES string of the molecule is CCNc1nc(Cl)nc2c1ncn2[C@@H]1O[C@H](COP(C)(=O)N[C@@H](C)C(=O)OC(C)C)[C@](C)(CO)C1F.CC[C@]1(C)C(F)[C@H](n2cnc3c(N)nc(C)nc32)O[C@@H]1COP(C)(=O)N[C@@H](C)C(=O)OC(C)C.CC[C@]1(C)C(F)[C@H](n2cnc3c(N)nc(C)nc32)O[C@@H]1COP(C)(=O)N[C@@H](C)C(=O)OC(C)C.Cc1nc(N)c2ncn([C@@H]3O[C@H](COP(C)(=O)N[C@@H](C)C(=O)OC(C)C)[C@](C)(Cc4nn[nH]n4)C3F)c2n1. The lowest BCUT2D eigenvalue weighted by molar-refractivity contribution is -0.149. The summed E-state index contributed by atoms with van der Waals surface area (Å²) >= 11 is 6.07. The summed E-state index contributed by atoms with van der Waals surface area (Å²) in [6.07, 6.45) is -8.66. The van der Waals surface area contributed by atoms with Crippen molar-refractivity contribution in [2.75, 3.05) is 88.8 Å². The lowest BCUT2D eigenvalue weighted by atomic mass is 9.78. The third-order valence-corrected chi connectivity index (χ3v) is 30.6. The van der Waals surface area contributed by atoms with Crippen molar-refractivity contribution in [1.82, 2.24) is 119 Å². The summed E-state index contributed by atoms with van der Waals surface area (Å²) in [6.45, 7) is 41.6. The van der Waals surface area contributed by atoms with Crippen LogP contribution in [-0.2, 0) is 99.8 Å². The highest BCUT2D eigenvalue weighted by atomic mass is 35.5. The Bertz CT molecular complexity index is 5930. The number of nitrogens with one attached hydrogen (secondary N) is 6. The fourth-order valence-corrected chi connectivity index (χ4v) is 21.6. The van der Waals surface area contributed by atoms with Gasteiger partial charge in [-0.3, -0.25) is 55.7 Å². The van der Waals surface area contributed by atoms with Gasteiger partial charge in [-0.25, -0.2) is 87.8 Å². The second kappa shape index (κ2) is 46.6. The fourth-order valence-electron chi connectivity index (χ4n) is 16.2. The van der Waals surface area contributed by atoms with Gasteiger partial charge in [0.25, 0.3) is 30.1 Å². The number of imidazole rings is 4. The third-order valence-electron chi connectivity index (χ3n) is 24.4. The zero-order chi connectivity index (χ0) is 106. The van der Waals surface area contributed by atoms with E-state index in [1.807, 2.05) is 20.8 Å². The average molecular weight is 2110 g/mol. The number of aromatic nitrogens is 20. The van der Waals surface area contributed by atoms with Crippen molar-refractivity contribution in [1.29, 1.82) is 0 Å². The lowest BCUT2D eigenvalue weighted by Crippen LogP contribution is -2.41. The number of hydrogen-bond donors (Lipinski definition) is 10. The number of fused-ring (bicyclic) bond motifs is 4. The number of nitrogen functional groups attached to an aromatic ring is 3. The predicted octanol–water partition coefficient (Wildman–Crippen LogP) is 10.7. The molecule has 0 spiro atoms. The topological polar surface area (TPSA) is 635 Å². The van der Waals surface area contributed by atoms with E-state index in [1.165, 1.54) is 91.0 Å². The highest BCUT2D eigenvalue weighted by Gasteiger charge is 2.60. The molecule has 0 bridgehead atoms. The highest BCUT2D eigenvalue weighted by Crippen LogP contribution is 2.56. The Labute approximate surface area is 823 Å². The molecule has 4 aliphatic rings. The van der Waals surface area contributed by atoms with Crippen molar-refractivity contribution in [3.63, 3.8) is 0 Å². The first-order valence-electron chi connectivity index (χ1n) is 46.1. The van der Waals surface area contributed by atoms with Crippen LogP contribution < -0.4 is 42.9 Å². The molecule has 13 N–H and O–H groups in total. The summed E-state index contributed by atoms with van der Waals surface area (Å²) in [5.41, 5.74) is 16.1. The van der Waals surface area contributed by atoms with Gasteiger partial charge in [0.2, 0.25) is 5.28 Å². The zero-order valence-electron chi connectivity index (χ0n) is 84.2. The normalized spacial score (nSPS) is 27.0. The molecule has 4 fully saturated rings. The Morgan fingerprint density at radius 1 is 0.451 bits per heavy atom. The molecule has 790 valence electrons. The maximum absolute atomic E-state index is 16.3. The van der Waals surface area contributed by atoms with Crippen LogP contribution >= 0.6 is 41.7 Å². The monoisotopic (exact) mass is 2100 g/mol. The smallest absolute Gasteiger partial charge is 0.323 e. The van der Waals surface area contributed by atoms with Gasteiger partial charge in [0.05, 0.1) is 113 Å². The van der Waals surface area contributed by atoms with Crippen molar-refractivity contribution >= 4 is 133 Å². The number of carbonyl (C=O) groups is 4. The molecular formula is C84H133ClF4N28O21P4. The number of nitrogens with zero attached hydrogens (tertiary/aromatic N) is 19. The summed E-state index contributed by atoms with van der Waals surface area (Å²) in [5, 5.41) is 37.6. The van der Waals surface area contributed by atoms with Crippen LogP contribution in [0.2, 0.25) is 5.28 Å². The second-order valence-corrected chi connectivity index (χ2v) is 46.8. The molecule has 0 amide bonds. The average Bonchev–Trinajstić information content (AvgIpc) is 1.60. The Kier molecular flexibility index (Phi) is 37.7. The number of nitrogens with two attached hydrogens (primary N) is 3. The number of aliphatic hydroxyl groups is 1. The van der Waals surface area contributed by atoms with Crippen LogP contribution in [0.3, 0.4) is 0 Å². The van der Waals surface area contributed by atoms with Crippen molar-refractivity contribution < 1.29 is 116 Å². The van der Waals surface area contributed by atoms with Crippen LogP contribution in [0.15, 0.2) is 25.3 Å². The van der Waals surface area contributed by atoms with E-state index in [0.29, 0.717) is 81.7 Å². The number of aliphatic hydroxyl groups excluding tert-OH is 1. The Morgan fingerprint density at radius 3 is 1.00 bits per heavy atom. The van der Waals surface area contributed by atoms with E-state index >= 15 is 17.6 Å². The molecule has 58 heteroatoms. The molecule has 0 aliphatic carbocycles. The first kappa shape index (κ1) is 115. The van der Waals surface area contributed by atoms with E-state index in [1.54, 1.807) is 111 Å². The molecule has 0 saturated carbocycles. The fraction of sp³-hybridized carbons (Fsp3) is 0.702. The molecule has 13 heterocycles. The number of carbonyl (C=O) groups excluding carboxylic acids is 4. The van der Waals surface area contributed by atoms with Crippen molar-refractivity contribution in [3.05, 3.63) is 53.9 Å². The number of tetrazole rings is 1. The Balaban J connectivity index is 0.000000195. The van der Waals surface area contributed by atoms with E-state index in [-0.39, 0.29) is 91.5 Å². The molecule has 49 nitrogen and oxygen atoms in total. The molecule has 4 saturated heterocycles. The first-order chi connectivity index (χ1) is 66.2. The van der Waals surface area contributed by atoms with Crippen LogP contribution in [0.25, 0.3) is 44.7 Å². The van der Waals surface area contributed by atoms with Crippen molar-refractivity contribution in [2.45, 2.75) is 294 Å². The van der Waals surface area contributed by atoms with E-state index < -0.39 is 180 Å². The molecule has 0 aromatic carbocycles. The number of hydrogen-bond acceptors (Lipinski definition) is 40. The summed E-state index contributed by atoms with van der Waals surface area (Å²) in [6, 6.07) is -3.47. The van der Waals surface area contributed by atoms with Gasteiger partial charge in [-0.1, -0.05) is 46.8 Å². The summed E-state index contributed by atoms with van der Waals surface area (Å²) in [7, 11) is -13.9. The van der Waals surface area contributed by atoms with Gasteiger partial charge in [0.1, 0.15) is 58.2 Å². The summed E-state index contributed by atoms with van der Waals surface area (Å²) < 4.78 is 189. The van der Waals surface area contributed by atoms with Crippen LogP contribution in [0, 0.1) is 42.4 Å². The molecular weight excluding hydrogens is 1970 g/mol. The number of esters is 4. The van der Waals surface area contributed by atoms with Crippen LogP contribution in [0.4, 0.5) is 40.8 Å². The number of rotatable bonds is 39. The second-order valence-electron chi connectivity index (χ2n) is 37.6. The maximum Gasteiger partial charge on any atom is 0.323 e. The van der Waals surface area contributed by atoms with Gasteiger partial charge in [-0.2, -0.15) is 15.2 Å². The highest BCUT2D eigenvalue weighted by molar-refractivity contribution is 7.57. The summed E-state index contributed by atoms with van der Waals surface area (Å²) in [4.78, 5) is 99.0. The van der Waals surface area contributed by atoms with E-state index in [0.717, 1.165) is 0 Å². The van der Waals surface area contributed by atoms with E-state index in [9.17, 15) is 42.5 Å². The largest absolute Gasteiger partial charge is 0.462 e. The maximum atomic E-state index is 16.3. The van der Waals surface area contributed by atoms with Crippen LogP contribution in [-0.4, -0.2) is 292 Å². The molecule has 9 aromatic heterocycles. The van der Waals surface area contributed by atoms with Gasteiger partial charge in [0.15, 0.2) is 107 Å². The van der Waals surface area contributed by atoms with Gasteiger partial charge in [0, 0.05) is 55.9 Å². The van der Waals surface area contributed by atoms with Crippen LogP contribution in [0.1, 0.15) is 193 Å².